The van der Waals surface area contributed by atoms with Gasteiger partial charge in [-0.25, -0.2) is 0 Å². The highest BCUT2D eigenvalue weighted by Crippen LogP contribution is 2.23. The molecule has 1 aliphatic heterocycles. The van der Waals surface area contributed by atoms with Crippen LogP contribution in [0.5, 0.6) is 5.75 Å². The average molecular weight is 442 g/mol. The molecule has 2 N–H and O–H groups in total. The molecule has 0 bridgehead atoms. The largest absolute Gasteiger partial charge is 0.497 e. The Bertz CT molecular complexity index is 1020. The number of nitrogens with zero attached hydrogens (tertiary/aromatic N) is 3. The molecule has 10 heteroatoms. The first kappa shape index (κ1) is 21.0. The van der Waals surface area contributed by atoms with Gasteiger partial charge in [0.25, 0.3) is 5.91 Å². The van der Waals surface area contributed by atoms with Crippen LogP contribution in [0.2, 0.25) is 0 Å². The van der Waals surface area contributed by atoms with Crippen molar-refractivity contribution < 1.29 is 18.7 Å². The number of methoxy groups -OCH3 is 1. The van der Waals surface area contributed by atoms with Gasteiger partial charge in [-0.1, -0.05) is 11.3 Å². The highest BCUT2D eigenvalue weighted by Gasteiger charge is 2.31. The summed E-state index contributed by atoms with van der Waals surface area (Å²) in [5, 5.41) is 14.9. The van der Waals surface area contributed by atoms with E-state index in [1.165, 1.54) is 11.3 Å². The van der Waals surface area contributed by atoms with Gasteiger partial charge >= 0.3 is 0 Å². The quantitative estimate of drug-likeness (QED) is 0.553. The number of furan rings is 1. The number of benzene rings is 1. The first-order chi connectivity index (χ1) is 15.1. The second-order valence-corrected chi connectivity index (χ2v) is 8.17. The summed E-state index contributed by atoms with van der Waals surface area (Å²) in [6, 6.07) is 10.4. The lowest BCUT2D eigenvalue weighted by Gasteiger charge is -2.22. The summed E-state index contributed by atoms with van der Waals surface area (Å²) in [6.45, 7) is 1.64. The van der Waals surface area contributed by atoms with Gasteiger partial charge in [0.2, 0.25) is 10.9 Å². The Morgan fingerprint density at radius 3 is 2.84 bits per heavy atom. The Morgan fingerprint density at radius 2 is 2.10 bits per heavy atom. The van der Waals surface area contributed by atoms with Crippen molar-refractivity contribution in [2.75, 3.05) is 19.0 Å². The molecule has 31 heavy (non-hydrogen) atoms. The van der Waals surface area contributed by atoms with Crippen LogP contribution in [0.15, 0.2) is 47.1 Å². The van der Waals surface area contributed by atoms with Crippen LogP contribution in [0.4, 0.5) is 5.69 Å². The van der Waals surface area contributed by atoms with Crippen LogP contribution < -0.4 is 15.4 Å². The van der Waals surface area contributed by atoms with Gasteiger partial charge in [0.05, 0.1) is 32.5 Å². The average Bonchev–Trinajstić information content (AvgIpc) is 3.55. The number of hydrogen-bond donors (Lipinski definition) is 2. The van der Waals surface area contributed by atoms with Crippen molar-refractivity contribution in [2.45, 2.75) is 32.0 Å². The standard InChI is InChI=1S/C21H23N5O4S/c1-29-15-8-6-14(7-9-15)23-20(28)21-25-24-18(31-21)13-26-10-2-5-17(26)19(27)22-12-16-4-3-11-30-16/h3-4,6-9,11,17H,2,5,10,12-13H2,1H3,(H,22,27)(H,23,28). The van der Waals surface area contributed by atoms with Crippen LogP contribution in [-0.2, 0) is 17.9 Å². The molecule has 0 saturated carbocycles. The van der Waals surface area contributed by atoms with Gasteiger partial charge in [-0.3, -0.25) is 14.5 Å². The molecule has 3 aromatic rings. The van der Waals surface area contributed by atoms with Crippen molar-refractivity contribution in [1.82, 2.24) is 20.4 Å². The molecule has 162 valence electrons. The minimum absolute atomic E-state index is 0.0316. The van der Waals surface area contributed by atoms with E-state index in [4.69, 9.17) is 9.15 Å². The zero-order chi connectivity index (χ0) is 21.6. The number of rotatable bonds is 8. The van der Waals surface area contributed by atoms with E-state index in [0.29, 0.717) is 29.5 Å². The second-order valence-electron chi connectivity index (χ2n) is 7.11. The molecule has 1 fully saturated rings. The Hall–Kier alpha value is -3.24. The Labute approximate surface area is 183 Å². The highest BCUT2D eigenvalue weighted by molar-refractivity contribution is 7.13. The van der Waals surface area contributed by atoms with Gasteiger partial charge in [-0.05, 0) is 55.8 Å². The van der Waals surface area contributed by atoms with Crippen molar-refractivity contribution in [3.05, 3.63) is 58.4 Å². The molecule has 1 aromatic carbocycles. The predicted octanol–water partition coefficient (Wildman–Crippen LogP) is 2.67. The molecule has 1 unspecified atom stereocenters. The topological polar surface area (TPSA) is 110 Å². The second kappa shape index (κ2) is 9.71. The maximum absolute atomic E-state index is 12.6. The van der Waals surface area contributed by atoms with E-state index in [-0.39, 0.29) is 22.9 Å². The van der Waals surface area contributed by atoms with Crippen molar-refractivity contribution >= 4 is 28.8 Å². The third-order valence-corrected chi connectivity index (χ3v) is 5.94. The molecule has 1 saturated heterocycles. The molecule has 9 nitrogen and oxygen atoms in total. The number of carbonyl (C=O) groups is 2. The van der Waals surface area contributed by atoms with Crippen molar-refractivity contribution in [3.8, 4) is 5.75 Å². The number of aromatic nitrogens is 2. The zero-order valence-corrected chi connectivity index (χ0v) is 17.9. The smallest absolute Gasteiger partial charge is 0.286 e. The van der Waals surface area contributed by atoms with Crippen LogP contribution in [0.1, 0.15) is 33.4 Å². The van der Waals surface area contributed by atoms with E-state index in [1.54, 1.807) is 43.7 Å². The lowest BCUT2D eigenvalue weighted by Crippen LogP contribution is -2.42. The number of likely N-dealkylation sites (tertiary alicyclic amines) is 1. The van der Waals surface area contributed by atoms with Crippen LogP contribution in [0, 0.1) is 0 Å². The number of carbonyl (C=O) groups excluding carboxylic acids is 2. The van der Waals surface area contributed by atoms with Crippen LogP contribution >= 0.6 is 11.3 Å². The zero-order valence-electron chi connectivity index (χ0n) is 17.0. The number of ether oxygens (including phenoxy) is 1. The normalized spacial score (nSPS) is 16.2. The molecule has 0 aliphatic carbocycles. The summed E-state index contributed by atoms with van der Waals surface area (Å²) >= 11 is 1.23. The Kier molecular flexibility index (Phi) is 6.58. The molecule has 1 aliphatic rings. The Morgan fingerprint density at radius 1 is 1.26 bits per heavy atom. The fourth-order valence-corrected chi connectivity index (χ4v) is 4.22. The molecule has 1 atom stereocenters. The summed E-state index contributed by atoms with van der Waals surface area (Å²) in [5.74, 6) is 1.08. The number of anilines is 1. The van der Waals surface area contributed by atoms with E-state index in [9.17, 15) is 9.59 Å². The first-order valence-corrected chi connectivity index (χ1v) is 10.8. The van der Waals surface area contributed by atoms with Crippen molar-refractivity contribution in [3.63, 3.8) is 0 Å². The summed E-state index contributed by atoms with van der Waals surface area (Å²) in [6.07, 6.45) is 3.30. The summed E-state index contributed by atoms with van der Waals surface area (Å²) < 4.78 is 10.4. The highest BCUT2D eigenvalue weighted by atomic mass is 32.1. The molecule has 0 spiro atoms. The number of nitrogens with one attached hydrogen (secondary N) is 2. The monoisotopic (exact) mass is 441 g/mol. The van der Waals surface area contributed by atoms with Gasteiger partial charge in [0.15, 0.2) is 0 Å². The minimum Gasteiger partial charge on any atom is -0.497 e. The fourth-order valence-electron chi connectivity index (χ4n) is 3.46. The molecule has 3 heterocycles. The predicted molar refractivity (Wildman–Crippen MR) is 115 cm³/mol. The molecule has 0 radical (unpaired) electrons. The van der Waals surface area contributed by atoms with Gasteiger partial charge in [0.1, 0.15) is 16.5 Å². The van der Waals surface area contributed by atoms with E-state index in [0.717, 1.165) is 25.1 Å². The molecule has 2 amide bonds. The Balaban J connectivity index is 1.32. The lowest BCUT2D eigenvalue weighted by molar-refractivity contribution is -0.125. The molecule has 2 aromatic heterocycles. The van der Waals surface area contributed by atoms with Crippen LogP contribution in [0.25, 0.3) is 0 Å². The van der Waals surface area contributed by atoms with Gasteiger partial charge in [-0.15, -0.1) is 10.2 Å². The molecular formula is C21H23N5O4S. The third kappa shape index (κ3) is 5.28. The number of hydrogen-bond acceptors (Lipinski definition) is 8. The van der Waals surface area contributed by atoms with E-state index < -0.39 is 0 Å². The third-order valence-electron chi connectivity index (χ3n) is 5.03. The minimum atomic E-state index is -0.317. The fraction of sp³-hybridized carbons (Fsp3) is 0.333. The summed E-state index contributed by atoms with van der Waals surface area (Å²) in [5.41, 5.74) is 0.649. The van der Waals surface area contributed by atoms with Crippen molar-refractivity contribution in [1.29, 1.82) is 0 Å². The van der Waals surface area contributed by atoms with E-state index >= 15 is 0 Å². The van der Waals surface area contributed by atoms with E-state index in [2.05, 4.69) is 25.7 Å². The molecular weight excluding hydrogens is 418 g/mol. The van der Waals surface area contributed by atoms with Gasteiger partial charge < -0.3 is 19.8 Å². The first-order valence-electron chi connectivity index (χ1n) is 9.94. The summed E-state index contributed by atoms with van der Waals surface area (Å²) in [4.78, 5) is 27.1. The van der Waals surface area contributed by atoms with Crippen molar-refractivity contribution in [2.24, 2.45) is 0 Å². The van der Waals surface area contributed by atoms with Crippen LogP contribution in [-0.4, -0.2) is 46.6 Å². The maximum atomic E-state index is 12.6. The molecule has 4 rings (SSSR count). The maximum Gasteiger partial charge on any atom is 0.286 e. The van der Waals surface area contributed by atoms with Crippen LogP contribution in [0.3, 0.4) is 0 Å². The number of amides is 2. The van der Waals surface area contributed by atoms with Gasteiger partial charge in [0, 0.05) is 5.69 Å². The summed E-state index contributed by atoms with van der Waals surface area (Å²) in [7, 11) is 1.59. The SMILES string of the molecule is COc1ccc(NC(=O)c2nnc(CN3CCCC3C(=O)NCc3ccco3)s2)cc1. The lowest BCUT2D eigenvalue weighted by atomic mass is 10.2. The van der Waals surface area contributed by atoms with E-state index in [1.807, 2.05) is 6.07 Å². The van der Waals surface area contributed by atoms with Gasteiger partial charge in [-0.2, -0.15) is 0 Å².